The van der Waals surface area contributed by atoms with Gasteiger partial charge < -0.3 is 10.2 Å². The molecule has 1 N–H and O–H groups in total. The molecule has 2 heterocycles. The van der Waals surface area contributed by atoms with Crippen molar-refractivity contribution in [2.24, 2.45) is 11.8 Å². The Balaban J connectivity index is 1.27. The van der Waals surface area contributed by atoms with Crippen LogP contribution in [0, 0.1) is 11.8 Å². The van der Waals surface area contributed by atoms with Crippen LogP contribution in [0.25, 0.3) is 5.69 Å². The van der Waals surface area contributed by atoms with E-state index in [0.29, 0.717) is 30.5 Å². The molecule has 3 fully saturated rings. The molecule has 2 atom stereocenters. The molecule has 1 saturated heterocycles. The van der Waals surface area contributed by atoms with Gasteiger partial charge in [-0.3, -0.25) is 9.59 Å². The normalized spacial score (nSPS) is 25.3. The van der Waals surface area contributed by atoms with E-state index in [9.17, 15) is 9.59 Å². The molecular formula is C22H27ClN6O2. The summed E-state index contributed by atoms with van der Waals surface area (Å²) in [6, 6.07) is 5.40. The zero-order valence-electron chi connectivity index (χ0n) is 17.5. The van der Waals surface area contributed by atoms with Crippen LogP contribution in [0.3, 0.4) is 0 Å². The van der Waals surface area contributed by atoms with Crippen LogP contribution in [0.2, 0.25) is 5.02 Å². The second-order valence-electron chi connectivity index (χ2n) is 9.08. The molecule has 9 heteroatoms. The van der Waals surface area contributed by atoms with Gasteiger partial charge in [0, 0.05) is 24.5 Å². The highest BCUT2D eigenvalue weighted by atomic mass is 35.5. The van der Waals surface area contributed by atoms with E-state index in [0.717, 1.165) is 36.9 Å². The first kappa shape index (κ1) is 20.4. The van der Waals surface area contributed by atoms with E-state index in [1.807, 2.05) is 17.0 Å². The van der Waals surface area contributed by atoms with Gasteiger partial charge >= 0.3 is 0 Å². The lowest BCUT2D eigenvalue weighted by Crippen LogP contribution is -2.50. The van der Waals surface area contributed by atoms with E-state index in [-0.39, 0.29) is 17.7 Å². The van der Waals surface area contributed by atoms with Crippen molar-refractivity contribution in [2.45, 2.75) is 63.5 Å². The second kappa shape index (κ2) is 8.22. The smallest absolute Gasteiger partial charge is 0.246 e. The molecule has 2 aliphatic carbocycles. The Bertz CT molecular complexity index is 974. The van der Waals surface area contributed by atoms with Crippen molar-refractivity contribution >= 4 is 23.4 Å². The fourth-order valence-corrected chi connectivity index (χ4v) is 5.68. The number of tetrazole rings is 1. The largest absolute Gasteiger partial charge is 0.350 e. The number of nitrogens with one attached hydrogen (secondary N) is 1. The SMILES string of the molecule is O=C(CC1CCCCC1)N1CC[C@@H]2CC21C(=O)NCc1cc(Cl)ccc1-n1cnnn1. The van der Waals surface area contributed by atoms with Crippen molar-refractivity contribution in [3.05, 3.63) is 35.1 Å². The van der Waals surface area contributed by atoms with Gasteiger partial charge in [-0.15, -0.1) is 5.10 Å². The zero-order chi connectivity index (χ0) is 21.4. The molecule has 1 unspecified atom stereocenters. The summed E-state index contributed by atoms with van der Waals surface area (Å²) in [5, 5.41) is 15.0. The topological polar surface area (TPSA) is 93.0 Å². The van der Waals surface area contributed by atoms with Gasteiger partial charge in [0.1, 0.15) is 11.9 Å². The van der Waals surface area contributed by atoms with Crippen molar-refractivity contribution in [3.63, 3.8) is 0 Å². The Kier molecular flexibility index (Phi) is 5.42. The average molecular weight is 443 g/mol. The molecule has 0 radical (unpaired) electrons. The molecule has 2 amide bonds. The monoisotopic (exact) mass is 442 g/mol. The van der Waals surface area contributed by atoms with Crippen LogP contribution in [0.4, 0.5) is 0 Å². The number of amides is 2. The number of aromatic nitrogens is 4. The predicted octanol–water partition coefficient (Wildman–Crippen LogP) is 2.89. The van der Waals surface area contributed by atoms with Gasteiger partial charge in [-0.05, 0) is 71.7 Å². The maximum absolute atomic E-state index is 13.3. The molecule has 164 valence electrons. The molecule has 1 aromatic heterocycles. The quantitative estimate of drug-likeness (QED) is 0.742. The number of halogens is 1. The third kappa shape index (κ3) is 3.82. The van der Waals surface area contributed by atoms with E-state index < -0.39 is 5.54 Å². The maximum Gasteiger partial charge on any atom is 0.246 e. The van der Waals surface area contributed by atoms with Gasteiger partial charge in [0.25, 0.3) is 0 Å². The molecule has 0 bridgehead atoms. The first-order valence-corrected chi connectivity index (χ1v) is 11.6. The number of rotatable bonds is 6. The second-order valence-corrected chi connectivity index (χ2v) is 9.51. The summed E-state index contributed by atoms with van der Waals surface area (Å²) in [5.74, 6) is 0.847. The minimum Gasteiger partial charge on any atom is -0.350 e. The maximum atomic E-state index is 13.3. The number of hydrogen-bond donors (Lipinski definition) is 1. The van der Waals surface area contributed by atoms with Crippen molar-refractivity contribution in [1.82, 2.24) is 30.4 Å². The van der Waals surface area contributed by atoms with Gasteiger partial charge in [0.05, 0.1) is 5.69 Å². The summed E-state index contributed by atoms with van der Waals surface area (Å²) in [5.41, 5.74) is 0.926. The van der Waals surface area contributed by atoms with E-state index >= 15 is 0 Å². The van der Waals surface area contributed by atoms with Crippen molar-refractivity contribution < 1.29 is 9.59 Å². The van der Waals surface area contributed by atoms with Crippen LogP contribution in [0.5, 0.6) is 0 Å². The zero-order valence-corrected chi connectivity index (χ0v) is 18.2. The fraction of sp³-hybridized carbons (Fsp3) is 0.591. The number of carbonyl (C=O) groups is 2. The predicted molar refractivity (Wildman–Crippen MR) is 114 cm³/mol. The lowest BCUT2D eigenvalue weighted by atomic mass is 9.86. The molecule has 2 saturated carbocycles. The number of hydrogen-bond acceptors (Lipinski definition) is 5. The molecule has 1 aliphatic heterocycles. The number of piperidine rings is 1. The highest BCUT2D eigenvalue weighted by Gasteiger charge is 2.68. The molecule has 31 heavy (non-hydrogen) atoms. The summed E-state index contributed by atoms with van der Waals surface area (Å²) in [7, 11) is 0. The standard InChI is InChI=1S/C22H27ClN6O2/c23-18-6-7-19(29-14-25-26-27-29)16(11-18)13-24-21(31)22-12-17(22)8-9-28(22)20(30)10-15-4-2-1-3-5-15/h6-7,11,14-15,17H,1-5,8-10,12-13H2,(H,24,31)/t17-,22?/m1/s1. The molecule has 1 aromatic carbocycles. The summed E-state index contributed by atoms with van der Waals surface area (Å²) in [6.45, 7) is 0.990. The lowest BCUT2D eigenvalue weighted by Gasteiger charge is -2.30. The van der Waals surface area contributed by atoms with Crippen LogP contribution < -0.4 is 5.32 Å². The third-order valence-corrected chi connectivity index (χ3v) is 7.45. The summed E-state index contributed by atoms with van der Waals surface area (Å²) >= 11 is 6.19. The molecule has 3 aliphatic rings. The first-order valence-electron chi connectivity index (χ1n) is 11.2. The van der Waals surface area contributed by atoms with Crippen LogP contribution in [0.1, 0.15) is 56.9 Å². The minimum absolute atomic E-state index is 0.0605. The minimum atomic E-state index is -0.653. The molecule has 0 spiro atoms. The number of likely N-dealkylation sites (tertiary alicyclic amines) is 1. The van der Waals surface area contributed by atoms with E-state index in [4.69, 9.17) is 11.6 Å². The van der Waals surface area contributed by atoms with Crippen molar-refractivity contribution in [2.75, 3.05) is 6.54 Å². The van der Waals surface area contributed by atoms with Crippen molar-refractivity contribution in [3.8, 4) is 5.69 Å². The Morgan fingerprint density at radius 3 is 2.77 bits per heavy atom. The number of benzene rings is 1. The Labute approximate surface area is 186 Å². The fourth-order valence-electron chi connectivity index (χ4n) is 5.49. The third-order valence-electron chi connectivity index (χ3n) is 7.21. The average Bonchev–Trinajstić information content (AvgIpc) is 3.12. The first-order chi connectivity index (χ1) is 15.1. The van der Waals surface area contributed by atoms with Gasteiger partial charge in [-0.1, -0.05) is 30.9 Å². The van der Waals surface area contributed by atoms with Gasteiger partial charge in [-0.25, -0.2) is 4.68 Å². The number of nitrogens with zero attached hydrogens (tertiary/aromatic N) is 5. The Morgan fingerprint density at radius 1 is 1.19 bits per heavy atom. The molecule has 8 nitrogen and oxygen atoms in total. The van der Waals surface area contributed by atoms with Crippen LogP contribution >= 0.6 is 11.6 Å². The van der Waals surface area contributed by atoms with Crippen LogP contribution in [-0.2, 0) is 16.1 Å². The molecule has 2 aromatic rings. The molecule has 5 rings (SSSR count). The Hall–Kier alpha value is -2.48. The molecular weight excluding hydrogens is 416 g/mol. The van der Waals surface area contributed by atoms with Gasteiger partial charge in [0.15, 0.2) is 0 Å². The van der Waals surface area contributed by atoms with E-state index in [2.05, 4.69) is 20.8 Å². The highest BCUT2D eigenvalue weighted by Crippen LogP contribution is 2.56. The summed E-state index contributed by atoms with van der Waals surface area (Å²) in [4.78, 5) is 28.3. The Morgan fingerprint density at radius 2 is 2.03 bits per heavy atom. The van der Waals surface area contributed by atoms with Crippen LogP contribution in [0.15, 0.2) is 24.5 Å². The number of fused-ring (bicyclic) bond motifs is 1. The van der Waals surface area contributed by atoms with Gasteiger partial charge in [-0.2, -0.15) is 0 Å². The van der Waals surface area contributed by atoms with E-state index in [1.165, 1.54) is 25.6 Å². The van der Waals surface area contributed by atoms with Gasteiger partial charge in [0.2, 0.25) is 11.8 Å². The van der Waals surface area contributed by atoms with E-state index in [1.54, 1.807) is 10.7 Å². The lowest BCUT2D eigenvalue weighted by molar-refractivity contribution is -0.141. The van der Waals surface area contributed by atoms with Crippen molar-refractivity contribution in [1.29, 1.82) is 0 Å². The highest BCUT2D eigenvalue weighted by molar-refractivity contribution is 6.30. The number of carbonyl (C=O) groups excluding carboxylic acids is 2. The summed E-state index contributed by atoms with van der Waals surface area (Å²) in [6.07, 6.45) is 9.76. The van der Waals surface area contributed by atoms with Crippen LogP contribution in [-0.4, -0.2) is 49.0 Å². The summed E-state index contributed by atoms with van der Waals surface area (Å²) < 4.78 is 1.55.